The largest absolute Gasteiger partial charge is 0.425 e. The SMILES string of the molecule is C[C@H](O)C(=O)Oc1cccc(F)c1. The minimum atomic E-state index is -1.21. The summed E-state index contributed by atoms with van der Waals surface area (Å²) < 4.78 is 17.2. The van der Waals surface area contributed by atoms with Gasteiger partial charge in [-0.3, -0.25) is 0 Å². The number of aliphatic hydroxyl groups excluding tert-OH is 1. The first-order valence-electron chi connectivity index (χ1n) is 3.75. The molecule has 0 amide bonds. The summed E-state index contributed by atoms with van der Waals surface area (Å²) in [5, 5.41) is 8.78. The van der Waals surface area contributed by atoms with Gasteiger partial charge < -0.3 is 9.84 Å². The second-order valence-corrected chi connectivity index (χ2v) is 2.55. The molecule has 1 aromatic rings. The van der Waals surface area contributed by atoms with Crippen LogP contribution in [0.15, 0.2) is 24.3 Å². The van der Waals surface area contributed by atoms with E-state index in [1.807, 2.05) is 0 Å². The minimum absolute atomic E-state index is 0.0888. The molecule has 0 spiro atoms. The molecule has 0 aliphatic heterocycles. The van der Waals surface area contributed by atoms with Crippen LogP contribution in [-0.4, -0.2) is 17.2 Å². The van der Waals surface area contributed by atoms with E-state index in [9.17, 15) is 9.18 Å². The lowest BCUT2D eigenvalue weighted by atomic mass is 10.3. The number of hydrogen-bond donors (Lipinski definition) is 1. The van der Waals surface area contributed by atoms with Crippen LogP contribution < -0.4 is 4.74 Å². The maximum absolute atomic E-state index is 12.6. The highest BCUT2D eigenvalue weighted by Gasteiger charge is 2.11. The van der Waals surface area contributed by atoms with E-state index in [4.69, 9.17) is 5.11 Å². The van der Waals surface area contributed by atoms with Gasteiger partial charge in [-0.25, -0.2) is 9.18 Å². The summed E-state index contributed by atoms with van der Waals surface area (Å²) >= 11 is 0. The molecule has 0 heterocycles. The normalized spacial score (nSPS) is 12.2. The Balaban J connectivity index is 2.69. The van der Waals surface area contributed by atoms with E-state index >= 15 is 0 Å². The van der Waals surface area contributed by atoms with Crippen LogP contribution in [0.2, 0.25) is 0 Å². The van der Waals surface area contributed by atoms with Crippen LogP contribution in [0.3, 0.4) is 0 Å². The quantitative estimate of drug-likeness (QED) is 0.553. The van der Waals surface area contributed by atoms with Crippen molar-refractivity contribution in [1.29, 1.82) is 0 Å². The lowest BCUT2D eigenvalue weighted by molar-refractivity contribution is -0.142. The van der Waals surface area contributed by atoms with E-state index in [1.165, 1.54) is 25.1 Å². The smallest absolute Gasteiger partial charge is 0.340 e. The number of aliphatic hydroxyl groups is 1. The molecule has 70 valence electrons. The standard InChI is InChI=1S/C9H9FO3/c1-6(11)9(12)13-8-4-2-3-7(10)5-8/h2-6,11H,1H3/t6-/m0/s1. The summed E-state index contributed by atoms with van der Waals surface area (Å²) in [6, 6.07) is 5.16. The van der Waals surface area contributed by atoms with Crippen molar-refractivity contribution in [2.24, 2.45) is 0 Å². The monoisotopic (exact) mass is 184 g/mol. The molecule has 1 rings (SSSR count). The molecule has 0 saturated carbocycles. The number of esters is 1. The van der Waals surface area contributed by atoms with E-state index in [-0.39, 0.29) is 5.75 Å². The molecule has 0 radical (unpaired) electrons. The number of carbonyl (C=O) groups is 1. The molecule has 0 aromatic heterocycles. The number of hydrogen-bond acceptors (Lipinski definition) is 3. The number of rotatable bonds is 2. The van der Waals surface area contributed by atoms with Gasteiger partial charge in [-0.2, -0.15) is 0 Å². The summed E-state index contributed by atoms with van der Waals surface area (Å²) in [5.74, 6) is -1.20. The fourth-order valence-electron chi connectivity index (χ4n) is 0.732. The first-order chi connectivity index (χ1) is 6.09. The third kappa shape index (κ3) is 2.83. The summed E-state index contributed by atoms with van der Waals surface area (Å²) in [6.07, 6.45) is -1.21. The predicted molar refractivity (Wildman–Crippen MR) is 43.7 cm³/mol. The van der Waals surface area contributed by atoms with E-state index in [0.717, 1.165) is 6.07 Å². The van der Waals surface area contributed by atoms with Crippen molar-refractivity contribution in [2.45, 2.75) is 13.0 Å². The van der Waals surface area contributed by atoms with Gasteiger partial charge in [-0.1, -0.05) is 6.07 Å². The maximum Gasteiger partial charge on any atom is 0.340 e. The molecule has 1 atom stereocenters. The first kappa shape index (κ1) is 9.67. The van der Waals surface area contributed by atoms with E-state index in [1.54, 1.807) is 0 Å². The molecule has 0 unspecified atom stereocenters. The molecule has 0 aliphatic rings. The molecule has 4 heteroatoms. The molecule has 1 N–H and O–H groups in total. The van der Waals surface area contributed by atoms with Gasteiger partial charge in [-0.05, 0) is 19.1 Å². The van der Waals surface area contributed by atoms with E-state index in [2.05, 4.69) is 4.74 Å². The Morgan fingerprint density at radius 3 is 2.85 bits per heavy atom. The van der Waals surface area contributed by atoms with Crippen LogP contribution in [0, 0.1) is 5.82 Å². The predicted octanol–water partition coefficient (Wildman–Crippen LogP) is 1.11. The third-order valence-corrected chi connectivity index (χ3v) is 1.36. The van der Waals surface area contributed by atoms with E-state index in [0.29, 0.717) is 0 Å². The van der Waals surface area contributed by atoms with Gasteiger partial charge in [0.1, 0.15) is 17.7 Å². The van der Waals surface area contributed by atoms with Crippen molar-refractivity contribution in [3.63, 3.8) is 0 Å². The van der Waals surface area contributed by atoms with Gasteiger partial charge in [0.25, 0.3) is 0 Å². The molecule has 0 bridgehead atoms. The Kier molecular flexibility index (Phi) is 2.97. The van der Waals surface area contributed by atoms with Gasteiger partial charge in [0.2, 0.25) is 0 Å². The zero-order chi connectivity index (χ0) is 9.84. The molecule has 0 fully saturated rings. The van der Waals surface area contributed by atoms with E-state index < -0.39 is 17.9 Å². The van der Waals surface area contributed by atoms with Crippen molar-refractivity contribution >= 4 is 5.97 Å². The van der Waals surface area contributed by atoms with Gasteiger partial charge in [-0.15, -0.1) is 0 Å². The van der Waals surface area contributed by atoms with Crippen molar-refractivity contribution in [3.8, 4) is 5.75 Å². The van der Waals surface area contributed by atoms with Gasteiger partial charge in [0.15, 0.2) is 0 Å². The van der Waals surface area contributed by atoms with Crippen LogP contribution in [0.5, 0.6) is 5.75 Å². The summed E-state index contributed by atoms with van der Waals surface area (Å²) in [4.78, 5) is 10.8. The lowest BCUT2D eigenvalue weighted by Crippen LogP contribution is -2.22. The third-order valence-electron chi connectivity index (χ3n) is 1.36. The summed E-state index contributed by atoms with van der Waals surface area (Å²) in [7, 11) is 0. The average Bonchev–Trinajstić information content (AvgIpc) is 2.04. The zero-order valence-electron chi connectivity index (χ0n) is 7.03. The Morgan fingerprint density at radius 1 is 1.62 bits per heavy atom. The van der Waals surface area contributed by atoms with Crippen molar-refractivity contribution < 1.29 is 19.0 Å². The number of benzene rings is 1. The van der Waals surface area contributed by atoms with Crippen molar-refractivity contribution in [1.82, 2.24) is 0 Å². The van der Waals surface area contributed by atoms with Crippen LogP contribution in [-0.2, 0) is 4.79 Å². The van der Waals surface area contributed by atoms with Gasteiger partial charge >= 0.3 is 5.97 Å². The van der Waals surface area contributed by atoms with Crippen molar-refractivity contribution in [2.75, 3.05) is 0 Å². The van der Waals surface area contributed by atoms with Crippen molar-refractivity contribution in [3.05, 3.63) is 30.1 Å². The van der Waals surface area contributed by atoms with Crippen LogP contribution >= 0.6 is 0 Å². The van der Waals surface area contributed by atoms with Gasteiger partial charge in [0, 0.05) is 6.07 Å². The Hall–Kier alpha value is -1.42. The fourth-order valence-corrected chi connectivity index (χ4v) is 0.732. The topological polar surface area (TPSA) is 46.5 Å². The number of ether oxygens (including phenoxy) is 1. The minimum Gasteiger partial charge on any atom is -0.425 e. The maximum atomic E-state index is 12.6. The number of carbonyl (C=O) groups excluding carboxylic acids is 1. The zero-order valence-corrected chi connectivity index (χ0v) is 7.03. The lowest BCUT2D eigenvalue weighted by Gasteiger charge is -2.05. The highest BCUT2D eigenvalue weighted by atomic mass is 19.1. The van der Waals surface area contributed by atoms with Crippen LogP contribution in [0.4, 0.5) is 4.39 Å². The Labute approximate surface area is 74.8 Å². The highest BCUT2D eigenvalue weighted by Crippen LogP contribution is 2.12. The highest BCUT2D eigenvalue weighted by molar-refractivity contribution is 5.76. The van der Waals surface area contributed by atoms with Crippen LogP contribution in [0.25, 0.3) is 0 Å². The Bertz CT molecular complexity index is 309. The summed E-state index contributed by atoms with van der Waals surface area (Å²) in [6.45, 7) is 1.28. The summed E-state index contributed by atoms with van der Waals surface area (Å²) in [5.41, 5.74) is 0. The number of halogens is 1. The van der Waals surface area contributed by atoms with Crippen LogP contribution in [0.1, 0.15) is 6.92 Å². The molecule has 13 heavy (non-hydrogen) atoms. The average molecular weight is 184 g/mol. The molecule has 1 aromatic carbocycles. The molecule has 0 aliphatic carbocycles. The first-order valence-corrected chi connectivity index (χ1v) is 3.75. The van der Waals surface area contributed by atoms with Gasteiger partial charge in [0.05, 0.1) is 0 Å². The Morgan fingerprint density at radius 2 is 2.31 bits per heavy atom. The molecular formula is C9H9FO3. The fraction of sp³-hybridized carbons (Fsp3) is 0.222. The second-order valence-electron chi connectivity index (χ2n) is 2.55. The molecule has 0 saturated heterocycles. The second kappa shape index (κ2) is 4.00. The molecular weight excluding hydrogens is 175 g/mol. The molecule has 3 nitrogen and oxygen atoms in total.